The highest BCUT2D eigenvalue weighted by Gasteiger charge is 2.19. The topological polar surface area (TPSA) is 103 Å². The molecule has 140 valence electrons. The molecule has 0 bridgehead atoms. The van der Waals surface area contributed by atoms with Crippen molar-refractivity contribution in [3.63, 3.8) is 0 Å². The number of carbonyl (C=O) groups excluding carboxylic acids is 3. The number of ether oxygens (including phenoxy) is 3. The van der Waals surface area contributed by atoms with Gasteiger partial charge in [-0.25, -0.2) is 4.79 Å². The maximum atomic E-state index is 12.1. The maximum Gasteiger partial charge on any atom is 0.340 e. The van der Waals surface area contributed by atoms with Crippen molar-refractivity contribution in [3.05, 3.63) is 53.6 Å². The van der Waals surface area contributed by atoms with Crippen LogP contribution in [-0.4, -0.2) is 31.2 Å². The minimum absolute atomic E-state index is 0.141. The smallest absolute Gasteiger partial charge is 0.340 e. The zero-order chi connectivity index (χ0) is 19.2. The van der Waals surface area contributed by atoms with Crippen LogP contribution in [0.2, 0.25) is 0 Å². The summed E-state index contributed by atoms with van der Waals surface area (Å²) in [5, 5.41) is 4.95. The summed E-state index contributed by atoms with van der Waals surface area (Å²) >= 11 is 0. The summed E-state index contributed by atoms with van der Waals surface area (Å²) in [7, 11) is 0. The van der Waals surface area contributed by atoms with Crippen LogP contribution in [0.4, 0.5) is 5.69 Å². The van der Waals surface area contributed by atoms with Gasteiger partial charge in [-0.1, -0.05) is 18.2 Å². The Balaban J connectivity index is 1.60. The molecule has 3 rings (SSSR count). The second-order valence-electron chi connectivity index (χ2n) is 5.59. The molecular formula is C19H18N2O6. The molecule has 0 aliphatic carbocycles. The molecule has 0 atom stereocenters. The monoisotopic (exact) mass is 370 g/mol. The third-order valence-corrected chi connectivity index (χ3v) is 3.77. The molecule has 0 radical (unpaired) electrons. The Morgan fingerprint density at radius 1 is 1.04 bits per heavy atom. The summed E-state index contributed by atoms with van der Waals surface area (Å²) in [6, 6.07) is 11.6. The van der Waals surface area contributed by atoms with Gasteiger partial charge in [0.15, 0.2) is 11.5 Å². The van der Waals surface area contributed by atoms with Crippen LogP contribution in [0.25, 0.3) is 0 Å². The molecule has 0 fully saturated rings. The van der Waals surface area contributed by atoms with E-state index in [4.69, 9.17) is 14.2 Å². The van der Waals surface area contributed by atoms with Gasteiger partial charge < -0.3 is 24.8 Å². The van der Waals surface area contributed by atoms with Crippen LogP contribution in [0.3, 0.4) is 0 Å². The van der Waals surface area contributed by atoms with Gasteiger partial charge in [0.25, 0.3) is 0 Å². The first-order valence-electron chi connectivity index (χ1n) is 8.32. The number of hydrogen-bond acceptors (Lipinski definition) is 6. The lowest BCUT2D eigenvalue weighted by Crippen LogP contribution is -2.35. The minimum atomic E-state index is -0.882. The van der Waals surface area contributed by atoms with Gasteiger partial charge >= 0.3 is 17.8 Å². The van der Waals surface area contributed by atoms with E-state index in [0.29, 0.717) is 11.5 Å². The zero-order valence-corrected chi connectivity index (χ0v) is 14.6. The maximum absolute atomic E-state index is 12.1. The van der Waals surface area contributed by atoms with Crippen molar-refractivity contribution in [2.24, 2.45) is 0 Å². The highest BCUT2D eigenvalue weighted by atomic mass is 16.7. The molecule has 0 aromatic heterocycles. The number of hydrogen-bond donors (Lipinski definition) is 2. The molecule has 8 nitrogen and oxygen atoms in total. The lowest BCUT2D eigenvalue weighted by atomic mass is 10.1. The number of esters is 1. The molecule has 0 saturated carbocycles. The van der Waals surface area contributed by atoms with Crippen LogP contribution in [0.5, 0.6) is 11.5 Å². The van der Waals surface area contributed by atoms with Crippen molar-refractivity contribution < 1.29 is 28.6 Å². The normalized spacial score (nSPS) is 11.6. The van der Waals surface area contributed by atoms with Crippen LogP contribution in [0.1, 0.15) is 22.8 Å². The van der Waals surface area contributed by atoms with Gasteiger partial charge in [0.05, 0.1) is 17.9 Å². The van der Waals surface area contributed by atoms with E-state index in [1.807, 2.05) is 0 Å². The standard InChI is InChI=1S/C19H18N2O6/c1-2-25-19(24)13-5-3-4-6-14(13)21-18(23)17(22)20-10-12-7-8-15-16(9-12)27-11-26-15/h3-9H,2,10-11H2,1H3,(H,20,22)(H,21,23). The van der Waals surface area contributed by atoms with Gasteiger partial charge in [0.2, 0.25) is 6.79 Å². The van der Waals surface area contributed by atoms with Crippen LogP contribution >= 0.6 is 0 Å². The van der Waals surface area contributed by atoms with Gasteiger partial charge in [-0.2, -0.15) is 0 Å². The Morgan fingerprint density at radius 3 is 2.63 bits per heavy atom. The largest absolute Gasteiger partial charge is 0.462 e. The zero-order valence-electron chi connectivity index (χ0n) is 14.6. The lowest BCUT2D eigenvalue weighted by Gasteiger charge is -2.10. The highest BCUT2D eigenvalue weighted by Crippen LogP contribution is 2.32. The van der Waals surface area contributed by atoms with Crippen LogP contribution in [-0.2, 0) is 20.9 Å². The Labute approximate surface area is 155 Å². The molecule has 0 unspecified atom stereocenters. The second-order valence-corrected chi connectivity index (χ2v) is 5.59. The van der Waals surface area contributed by atoms with E-state index in [9.17, 15) is 14.4 Å². The molecule has 0 spiro atoms. The van der Waals surface area contributed by atoms with E-state index in [0.717, 1.165) is 5.56 Å². The summed E-state index contributed by atoms with van der Waals surface area (Å²) in [6.07, 6.45) is 0. The Morgan fingerprint density at radius 2 is 1.81 bits per heavy atom. The predicted octanol–water partition coefficient (Wildman–Crippen LogP) is 1.85. The number of anilines is 1. The number of para-hydroxylation sites is 1. The first-order valence-corrected chi connectivity index (χ1v) is 8.32. The van der Waals surface area contributed by atoms with E-state index in [-0.39, 0.29) is 31.2 Å². The molecule has 27 heavy (non-hydrogen) atoms. The van der Waals surface area contributed by atoms with Crippen molar-refractivity contribution in [2.45, 2.75) is 13.5 Å². The predicted molar refractivity (Wildman–Crippen MR) is 95.4 cm³/mol. The van der Waals surface area contributed by atoms with Gasteiger partial charge in [0.1, 0.15) is 0 Å². The first-order chi connectivity index (χ1) is 13.1. The van der Waals surface area contributed by atoms with Crippen molar-refractivity contribution in [1.82, 2.24) is 5.32 Å². The average molecular weight is 370 g/mol. The number of benzene rings is 2. The molecule has 2 amide bonds. The summed E-state index contributed by atoms with van der Waals surface area (Å²) in [4.78, 5) is 36.1. The van der Waals surface area contributed by atoms with Crippen LogP contribution < -0.4 is 20.1 Å². The quantitative estimate of drug-likeness (QED) is 0.615. The number of rotatable bonds is 5. The Bertz CT molecular complexity index is 880. The summed E-state index contributed by atoms with van der Waals surface area (Å²) in [6.45, 7) is 2.19. The van der Waals surface area contributed by atoms with Crippen molar-refractivity contribution in [2.75, 3.05) is 18.7 Å². The van der Waals surface area contributed by atoms with Crippen molar-refractivity contribution >= 4 is 23.5 Å². The van der Waals surface area contributed by atoms with E-state index in [1.165, 1.54) is 12.1 Å². The third-order valence-electron chi connectivity index (χ3n) is 3.77. The van der Waals surface area contributed by atoms with Gasteiger partial charge in [-0.05, 0) is 36.8 Å². The van der Waals surface area contributed by atoms with Crippen LogP contribution in [0.15, 0.2) is 42.5 Å². The second kappa shape index (κ2) is 8.22. The summed E-state index contributed by atoms with van der Waals surface area (Å²) in [5.74, 6) is -1.05. The molecule has 1 heterocycles. The third kappa shape index (κ3) is 4.35. The van der Waals surface area contributed by atoms with Crippen molar-refractivity contribution in [1.29, 1.82) is 0 Å². The summed E-state index contributed by atoms with van der Waals surface area (Å²) < 4.78 is 15.4. The molecule has 1 aliphatic heterocycles. The van der Waals surface area contributed by atoms with Gasteiger partial charge in [0, 0.05) is 6.54 Å². The molecular weight excluding hydrogens is 352 g/mol. The first kappa shape index (κ1) is 18.2. The van der Waals surface area contributed by atoms with Crippen LogP contribution in [0, 0.1) is 0 Å². The minimum Gasteiger partial charge on any atom is -0.462 e. The van der Waals surface area contributed by atoms with E-state index < -0.39 is 17.8 Å². The lowest BCUT2D eigenvalue weighted by molar-refractivity contribution is -0.136. The summed E-state index contributed by atoms with van der Waals surface area (Å²) in [5.41, 5.74) is 1.14. The molecule has 8 heteroatoms. The molecule has 0 saturated heterocycles. The molecule has 1 aliphatic rings. The fourth-order valence-electron chi connectivity index (χ4n) is 2.47. The fourth-order valence-corrected chi connectivity index (χ4v) is 2.47. The Kier molecular flexibility index (Phi) is 5.55. The molecule has 2 aromatic carbocycles. The number of nitrogens with one attached hydrogen (secondary N) is 2. The highest BCUT2D eigenvalue weighted by molar-refractivity contribution is 6.39. The van der Waals surface area contributed by atoms with E-state index in [1.54, 1.807) is 37.3 Å². The molecule has 2 aromatic rings. The van der Waals surface area contributed by atoms with Crippen molar-refractivity contribution in [3.8, 4) is 11.5 Å². The number of carbonyl (C=O) groups is 3. The fraction of sp³-hybridized carbons (Fsp3) is 0.211. The number of fused-ring (bicyclic) bond motifs is 1. The van der Waals surface area contributed by atoms with Gasteiger partial charge in [-0.15, -0.1) is 0 Å². The average Bonchev–Trinajstić information content (AvgIpc) is 3.14. The Hall–Kier alpha value is -3.55. The SMILES string of the molecule is CCOC(=O)c1ccccc1NC(=O)C(=O)NCc1ccc2c(c1)OCO2. The van der Waals surface area contributed by atoms with E-state index >= 15 is 0 Å². The van der Waals surface area contributed by atoms with E-state index in [2.05, 4.69) is 10.6 Å². The van der Waals surface area contributed by atoms with Gasteiger partial charge in [-0.3, -0.25) is 9.59 Å². The molecule has 2 N–H and O–H groups in total. The number of amides is 2.